The van der Waals surface area contributed by atoms with Crippen molar-refractivity contribution in [3.63, 3.8) is 0 Å². The Morgan fingerprint density at radius 3 is 2.63 bits per heavy atom. The smallest absolute Gasteiger partial charge is 0.344 e. The Labute approximate surface area is 159 Å². The van der Waals surface area contributed by atoms with Gasteiger partial charge in [0.05, 0.1) is 6.61 Å². The van der Waals surface area contributed by atoms with Crippen LogP contribution < -0.4 is 14.9 Å². The highest BCUT2D eigenvalue weighted by Gasteiger charge is 2.10. The molecule has 2 rings (SSSR count). The Bertz CT molecular complexity index is 822. The van der Waals surface area contributed by atoms with E-state index in [2.05, 4.69) is 13.8 Å². The molecule has 0 aliphatic carbocycles. The van der Waals surface area contributed by atoms with Crippen LogP contribution in [0.2, 0.25) is 0 Å². The molecule has 1 aromatic heterocycles. The van der Waals surface area contributed by atoms with Crippen molar-refractivity contribution < 1.29 is 23.4 Å². The molecule has 0 aliphatic rings. The van der Waals surface area contributed by atoms with Gasteiger partial charge in [0, 0.05) is 6.07 Å². The van der Waals surface area contributed by atoms with Crippen molar-refractivity contribution in [1.82, 2.24) is 0 Å². The van der Waals surface area contributed by atoms with Gasteiger partial charge in [-0.05, 0) is 43.4 Å². The molecule has 146 valence electrons. The highest BCUT2D eigenvalue weighted by Crippen LogP contribution is 2.20. The number of carbonyl (C=O) groups is 1. The van der Waals surface area contributed by atoms with E-state index in [1.165, 1.54) is 12.3 Å². The number of carbonyl (C=O) groups excluding carboxylic acids is 1. The van der Waals surface area contributed by atoms with Crippen LogP contribution in [0.4, 0.5) is 0 Å². The minimum absolute atomic E-state index is 0.142. The summed E-state index contributed by atoms with van der Waals surface area (Å²) in [6.45, 7) is 8.14. The van der Waals surface area contributed by atoms with Gasteiger partial charge in [0.1, 0.15) is 24.4 Å². The number of hydrogen-bond acceptors (Lipinski definition) is 6. The molecule has 0 atom stereocenters. The maximum atomic E-state index is 12.0. The summed E-state index contributed by atoms with van der Waals surface area (Å²) in [5, 5.41) is 0. The molecule has 0 saturated carbocycles. The molecular formula is C21H26O6. The van der Waals surface area contributed by atoms with Gasteiger partial charge in [-0.1, -0.05) is 26.0 Å². The van der Waals surface area contributed by atoms with E-state index in [-0.39, 0.29) is 30.2 Å². The zero-order valence-corrected chi connectivity index (χ0v) is 16.2. The second-order valence-corrected chi connectivity index (χ2v) is 6.75. The average molecular weight is 374 g/mol. The molecule has 27 heavy (non-hydrogen) atoms. The van der Waals surface area contributed by atoms with Crippen LogP contribution in [0.25, 0.3) is 0 Å². The van der Waals surface area contributed by atoms with Crippen LogP contribution in [0.3, 0.4) is 0 Å². The van der Waals surface area contributed by atoms with Gasteiger partial charge >= 0.3 is 5.97 Å². The third-order valence-electron chi connectivity index (χ3n) is 4.08. The largest absolute Gasteiger partial charge is 0.487 e. The SMILES string of the molecule is Cc1cccc(OCC(=O)OCc2cc(=O)c(OCCC(C)C)co2)c1C. The number of hydrogen-bond donors (Lipinski definition) is 0. The normalized spacial score (nSPS) is 10.7. The van der Waals surface area contributed by atoms with Gasteiger partial charge in [0.25, 0.3) is 0 Å². The average Bonchev–Trinajstić information content (AvgIpc) is 2.62. The summed E-state index contributed by atoms with van der Waals surface area (Å²) < 4.78 is 21.3. The van der Waals surface area contributed by atoms with Crippen LogP contribution in [0.1, 0.15) is 37.2 Å². The second kappa shape index (κ2) is 9.80. The summed E-state index contributed by atoms with van der Waals surface area (Å²) in [6, 6.07) is 6.90. The lowest BCUT2D eigenvalue weighted by atomic mass is 10.1. The number of benzene rings is 1. The molecule has 0 saturated heterocycles. The van der Waals surface area contributed by atoms with Crippen molar-refractivity contribution >= 4 is 5.97 Å². The zero-order chi connectivity index (χ0) is 19.8. The van der Waals surface area contributed by atoms with Crippen LogP contribution in [-0.2, 0) is 16.1 Å². The monoisotopic (exact) mass is 374 g/mol. The molecule has 0 fully saturated rings. The van der Waals surface area contributed by atoms with Gasteiger partial charge in [0.15, 0.2) is 6.61 Å². The van der Waals surface area contributed by atoms with E-state index >= 15 is 0 Å². The molecule has 0 unspecified atom stereocenters. The first-order chi connectivity index (χ1) is 12.9. The fourth-order valence-corrected chi connectivity index (χ4v) is 2.23. The summed E-state index contributed by atoms with van der Waals surface area (Å²) in [5.74, 6) is 0.985. The third-order valence-corrected chi connectivity index (χ3v) is 4.08. The topological polar surface area (TPSA) is 75.0 Å². The number of rotatable bonds is 9. The van der Waals surface area contributed by atoms with Gasteiger partial charge < -0.3 is 18.6 Å². The molecule has 1 heterocycles. The molecule has 1 aromatic carbocycles. The van der Waals surface area contributed by atoms with Crippen LogP contribution in [0.15, 0.2) is 39.7 Å². The van der Waals surface area contributed by atoms with Gasteiger partial charge in [-0.25, -0.2) is 4.79 Å². The third kappa shape index (κ3) is 6.47. The van der Waals surface area contributed by atoms with E-state index in [1.807, 2.05) is 26.0 Å². The van der Waals surface area contributed by atoms with E-state index in [4.69, 9.17) is 18.6 Å². The van der Waals surface area contributed by atoms with E-state index in [1.54, 1.807) is 6.07 Å². The van der Waals surface area contributed by atoms with E-state index in [0.29, 0.717) is 18.3 Å². The maximum Gasteiger partial charge on any atom is 0.344 e. The fourth-order valence-electron chi connectivity index (χ4n) is 2.23. The van der Waals surface area contributed by atoms with Crippen molar-refractivity contribution in [1.29, 1.82) is 0 Å². The Morgan fingerprint density at radius 1 is 1.15 bits per heavy atom. The molecule has 0 radical (unpaired) electrons. The minimum atomic E-state index is -0.546. The molecule has 0 amide bonds. The van der Waals surface area contributed by atoms with Gasteiger partial charge in [-0.3, -0.25) is 4.79 Å². The quantitative estimate of drug-likeness (QED) is 0.622. The van der Waals surface area contributed by atoms with Crippen molar-refractivity contribution in [3.05, 3.63) is 57.6 Å². The summed E-state index contributed by atoms with van der Waals surface area (Å²) in [6.07, 6.45) is 2.09. The second-order valence-electron chi connectivity index (χ2n) is 6.75. The van der Waals surface area contributed by atoms with Crippen molar-refractivity contribution in [3.8, 4) is 11.5 Å². The first-order valence-electron chi connectivity index (χ1n) is 8.96. The van der Waals surface area contributed by atoms with Crippen LogP contribution in [0, 0.1) is 19.8 Å². The number of ether oxygens (including phenoxy) is 3. The first kappa shape index (κ1) is 20.6. The summed E-state index contributed by atoms with van der Waals surface area (Å²) in [4.78, 5) is 23.8. The molecule has 0 spiro atoms. The maximum absolute atomic E-state index is 12.0. The van der Waals surface area contributed by atoms with E-state index < -0.39 is 5.97 Å². The molecule has 0 N–H and O–H groups in total. The van der Waals surface area contributed by atoms with E-state index in [9.17, 15) is 9.59 Å². The standard InChI is InChI=1S/C21H26O6/c1-14(2)8-9-24-20-12-25-17(10-18(20)22)11-27-21(23)13-26-19-7-5-6-15(3)16(19)4/h5-7,10,12,14H,8-9,11,13H2,1-4H3. The summed E-state index contributed by atoms with van der Waals surface area (Å²) in [7, 11) is 0. The van der Waals surface area contributed by atoms with Crippen molar-refractivity contribution in [2.45, 2.75) is 40.7 Å². The van der Waals surface area contributed by atoms with Crippen LogP contribution in [-0.4, -0.2) is 19.2 Å². The molecule has 0 bridgehead atoms. The Balaban J connectivity index is 1.81. The van der Waals surface area contributed by atoms with Crippen LogP contribution in [0.5, 0.6) is 11.5 Å². The Morgan fingerprint density at radius 2 is 1.93 bits per heavy atom. The lowest BCUT2D eigenvalue weighted by Gasteiger charge is -2.10. The zero-order valence-electron chi connectivity index (χ0n) is 16.2. The fraction of sp³-hybridized carbons (Fsp3) is 0.429. The Kier molecular flexibility index (Phi) is 7.46. The van der Waals surface area contributed by atoms with Gasteiger partial charge in [-0.2, -0.15) is 0 Å². The minimum Gasteiger partial charge on any atom is -0.487 e. The predicted octanol–water partition coefficient (Wildman–Crippen LogP) is 3.80. The summed E-state index contributed by atoms with van der Waals surface area (Å²) >= 11 is 0. The van der Waals surface area contributed by atoms with Crippen molar-refractivity contribution in [2.24, 2.45) is 5.92 Å². The predicted molar refractivity (Wildman–Crippen MR) is 101 cm³/mol. The molecule has 6 nitrogen and oxygen atoms in total. The first-order valence-corrected chi connectivity index (χ1v) is 8.96. The molecular weight excluding hydrogens is 348 g/mol. The summed E-state index contributed by atoms with van der Waals surface area (Å²) in [5.41, 5.74) is 1.75. The Hall–Kier alpha value is -2.76. The molecule has 2 aromatic rings. The molecule has 6 heteroatoms. The van der Waals surface area contributed by atoms with Gasteiger partial charge in [0.2, 0.25) is 11.2 Å². The number of esters is 1. The number of aryl methyl sites for hydroxylation is 1. The van der Waals surface area contributed by atoms with Gasteiger partial charge in [-0.15, -0.1) is 0 Å². The lowest BCUT2D eigenvalue weighted by Crippen LogP contribution is -2.16. The lowest BCUT2D eigenvalue weighted by molar-refractivity contribution is -0.147. The van der Waals surface area contributed by atoms with Crippen molar-refractivity contribution in [2.75, 3.05) is 13.2 Å². The highest BCUT2D eigenvalue weighted by molar-refractivity contribution is 5.71. The highest BCUT2D eigenvalue weighted by atomic mass is 16.6. The molecule has 0 aliphatic heterocycles. The van der Waals surface area contributed by atoms with E-state index in [0.717, 1.165) is 17.5 Å². The van der Waals surface area contributed by atoms with Crippen LogP contribution >= 0.6 is 0 Å².